The van der Waals surface area contributed by atoms with Crippen molar-refractivity contribution in [3.05, 3.63) is 70.2 Å². The number of ketones is 1. The largest absolute Gasteiger partial charge is 0.460 e. The number of halogens is 1. The molecular weight excluding hydrogens is 352 g/mol. The summed E-state index contributed by atoms with van der Waals surface area (Å²) >= 11 is 5.96. The standard InChI is InChI=1S/C19H15ClN4O2/c20-11-3-1-10(2-4-11)15-5-6-16(26-15)17-12-7-22-24-19(12)23-13-8-21-9-14(25)18(13)17/h1-7,17,21H,8-9H2,(H2,22,23,24). The number of H-pyrrole nitrogens is 1. The van der Waals surface area contributed by atoms with Crippen LogP contribution < -0.4 is 10.6 Å². The van der Waals surface area contributed by atoms with Gasteiger partial charge in [0, 0.05) is 34.0 Å². The van der Waals surface area contributed by atoms with Gasteiger partial charge in [-0.2, -0.15) is 5.10 Å². The van der Waals surface area contributed by atoms with Crippen molar-refractivity contribution in [3.63, 3.8) is 0 Å². The Morgan fingerprint density at radius 2 is 1.96 bits per heavy atom. The van der Waals surface area contributed by atoms with Gasteiger partial charge in [0.05, 0.1) is 18.7 Å². The van der Waals surface area contributed by atoms with Crippen molar-refractivity contribution in [3.8, 4) is 11.3 Å². The normalized spacial score (nSPS) is 19.1. The molecule has 0 bridgehead atoms. The van der Waals surface area contributed by atoms with E-state index in [0.29, 0.717) is 18.1 Å². The quantitative estimate of drug-likeness (QED) is 0.648. The molecule has 1 unspecified atom stereocenters. The number of furan rings is 1. The Balaban J connectivity index is 1.61. The van der Waals surface area contributed by atoms with Crippen molar-refractivity contribution in [2.75, 3.05) is 18.4 Å². The number of benzene rings is 1. The molecule has 0 radical (unpaired) electrons. The summed E-state index contributed by atoms with van der Waals surface area (Å²) in [5, 5.41) is 14.2. The summed E-state index contributed by atoms with van der Waals surface area (Å²) in [6, 6.07) is 11.3. The van der Waals surface area contributed by atoms with Crippen LogP contribution in [0.2, 0.25) is 5.02 Å². The topological polar surface area (TPSA) is 83.0 Å². The van der Waals surface area contributed by atoms with E-state index < -0.39 is 0 Å². The van der Waals surface area contributed by atoms with Gasteiger partial charge in [-0.25, -0.2) is 0 Å². The SMILES string of the molecule is O=C1CNCC2=C1C(c1ccc(-c3ccc(Cl)cc3)o1)c1cn[nH]c1N2. The molecule has 7 heteroatoms. The van der Waals surface area contributed by atoms with Crippen molar-refractivity contribution in [1.29, 1.82) is 0 Å². The van der Waals surface area contributed by atoms with Gasteiger partial charge in [-0.05, 0) is 36.4 Å². The van der Waals surface area contributed by atoms with Gasteiger partial charge in [-0.3, -0.25) is 9.89 Å². The highest BCUT2D eigenvalue weighted by molar-refractivity contribution is 6.30. The maximum atomic E-state index is 12.6. The summed E-state index contributed by atoms with van der Waals surface area (Å²) in [6.07, 6.45) is 1.75. The lowest BCUT2D eigenvalue weighted by Gasteiger charge is -2.30. The lowest BCUT2D eigenvalue weighted by molar-refractivity contribution is -0.115. The van der Waals surface area contributed by atoms with E-state index in [1.807, 2.05) is 36.4 Å². The maximum absolute atomic E-state index is 12.6. The van der Waals surface area contributed by atoms with E-state index in [1.54, 1.807) is 6.20 Å². The number of anilines is 1. The summed E-state index contributed by atoms with van der Waals surface area (Å²) in [5.74, 6) is 2.07. The van der Waals surface area contributed by atoms with E-state index in [1.165, 1.54) is 0 Å². The van der Waals surface area contributed by atoms with E-state index in [2.05, 4.69) is 20.8 Å². The van der Waals surface area contributed by atoms with E-state index in [0.717, 1.165) is 39.7 Å². The Bertz CT molecular complexity index is 1030. The van der Waals surface area contributed by atoms with Gasteiger partial charge in [0.15, 0.2) is 5.78 Å². The summed E-state index contributed by atoms with van der Waals surface area (Å²) in [5.41, 5.74) is 3.46. The van der Waals surface area contributed by atoms with Crippen LogP contribution in [0.1, 0.15) is 17.2 Å². The molecule has 0 aliphatic carbocycles. The van der Waals surface area contributed by atoms with Gasteiger partial charge >= 0.3 is 0 Å². The lowest BCUT2D eigenvalue weighted by Crippen LogP contribution is -2.39. The zero-order valence-electron chi connectivity index (χ0n) is 13.7. The highest BCUT2D eigenvalue weighted by Crippen LogP contribution is 2.43. The van der Waals surface area contributed by atoms with Crippen molar-refractivity contribution in [2.24, 2.45) is 0 Å². The molecule has 4 heterocycles. The fourth-order valence-corrected chi connectivity index (χ4v) is 3.73. The van der Waals surface area contributed by atoms with Crippen molar-refractivity contribution < 1.29 is 9.21 Å². The van der Waals surface area contributed by atoms with Crippen LogP contribution in [0.15, 0.2) is 58.3 Å². The number of Topliss-reactive ketones (excluding diaryl/α,β-unsaturated/α-hetero) is 1. The van der Waals surface area contributed by atoms with Crippen LogP contribution in [0.3, 0.4) is 0 Å². The molecule has 1 atom stereocenters. The molecule has 5 rings (SSSR count). The number of carbonyl (C=O) groups excluding carboxylic acids is 1. The molecular formula is C19H15ClN4O2. The molecule has 1 aromatic carbocycles. The van der Waals surface area contributed by atoms with Crippen LogP contribution in [0.5, 0.6) is 0 Å². The molecule has 0 amide bonds. The number of aromatic nitrogens is 2. The fraction of sp³-hybridized carbons (Fsp3) is 0.158. The van der Waals surface area contributed by atoms with Gasteiger partial charge in [-0.15, -0.1) is 0 Å². The zero-order chi connectivity index (χ0) is 17.7. The van der Waals surface area contributed by atoms with Gasteiger partial charge in [-0.1, -0.05) is 11.6 Å². The maximum Gasteiger partial charge on any atom is 0.175 e. The van der Waals surface area contributed by atoms with Gasteiger partial charge < -0.3 is 15.1 Å². The second-order valence-electron chi connectivity index (χ2n) is 6.39. The van der Waals surface area contributed by atoms with E-state index in [9.17, 15) is 4.79 Å². The molecule has 3 N–H and O–H groups in total. The number of hydrogen-bond donors (Lipinski definition) is 3. The van der Waals surface area contributed by atoms with E-state index in [-0.39, 0.29) is 11.7 Å². The highest BCUT2D eigenvalue weighted by atomic mass is 35.5. The minimum Gasteiger partial charge on any atom is -0.460 e. The average molecular weight is 367 g/mol. The molecule has 2 aliphatic rings. The Hall–Kier alpha value is -2.83. The first-order chi connectivity index (χ1) is 12.7. The lowest BCUT2D eigenvalue weighted by atomic mass is 9.82. The van der Waals surface area contributed by atoms with E-state index in [4.69, 9.17) is 16.0 Å². The number of rotatable bonds is 2. The number of nitrogens with zero attached hydrogens (tertiary/aromatic N) is 1. The summed E-state index contributed by atoms with van der Waals surface area (Å²) < 4.78 is 6.15. The smallest absolute Gasteiger partial charge is 0.175 e. The van der Waals surface area contributed by atoms with Gasteiger partial charge in [0.2, 0.25) is 0 Å². The monoisotopic (exact) mass is 366 g/mol. The first-order valence-corrected chi connectivity index (χ1v) is 8.71. The minimum atomic E-state index is -0.268. The van der Waals surface area contributed by atoms with Crippen LogP contribution in [-0.4, -0.2) is 29.1 Å². The van der Waals surface area contributed by atoms with Crippen molar-refractivity contribution in [1.82, 2.24) is 15.5 Å². The molecule has 2 aromatic heterocycles. The van der Waals surface area contributed by atoms with Crippen LogP contribution in [0.25, 0.3) is 11.3 Å². The molecule has 2 aliphatic heterocycles. The third-order valence-electron chi connectivity index (χ3n) is 4.80. The number of carbonyl (C=O) groups is 1. The average Bonchev–Trinajstić information content (AvgIpc) is 3.30. The number of nitrogens with one attached hydrogen (secondary N) is 3. The number of fused-ring (bicyclic) bond motifs is 1. The van der Waals surface area contributed by atoms with E-state index >= 15 is 0 Å². The first-order valence-electron chi connectivity index (χ1n) is 8.33. The second kappa shape index (κ2) is 5.86. The van der Waals surface area contributed by atoms with Crippen molar-refractivity contribution >= 4 is 23.2 Å². The van der Waals surface area contributed by atoms with Crippen molar-refractivity contribution in [2.45, 2.75) is 5.92 Å². The Labute approximate surface area is 154 Å². The molecule has 6 nitrogen and oxygen atoms in total. The Kier molecular flexibility index (Phi) is 3.48. The number of aromatic amines is 1. The molecule has 0 saturated carbocycles. The predicted molar refractivity (Wildman–Crippen MR) is 98.1 cm³/mol. The van der Waals surface area contributed by atoms with Gasteiger partial charge in [0.25, 0.3) is 0 Å². The first kappa shape index (κ1) is 15.4. The molecule has 26 heavy (non-hydrogen) atoms. The molecule has 0 fully saturated rings. The Morgan fingerprint density at radius 3 is 2.81 bits per heavy atom. The molecule has 130 valence electrons. The molecule has 0 spiro atoms. The predicted octanol–water partition coefficient (Wildman–Crippen LogP) is 3.31. The fourth-order valence-electron chi connectivity index (χ4n) is 3.60. The third-order valence-corrected chi connectivity index (χ3v) is 5.05. The summed E-state index contributed by atoms with van der Waals surface area (Å²) in [6.45, 7) is 0.940. The van der Waals surface area contributed by atoms with Gasteiger partial charge in [0.1, 0.15) is 17.3 Å². The Morgan fingerprint density at radius 1 is 1.12 bits per heavy atom. The van der Waals surface area contributed by atoms with Crippen LogP contribution in [0, 0.1) is 0 Å². The number of hydrogen-bond acceptors (Lipinski definition) is 5. The van der Waals surface area contributed by atoms with Crippen LogP contribution >= 0.6 is 11.6 Å². The zero-order valence-corrected chi connectivity index (χ0v) is 14.4. The second-order valence-corrected chi connectivity index (χ2v) is 6.82. The van der Waals surface area contributed by atoms with Crippen LogP contribution in [0.4, 0.5) is 5.82 Å². The van der Waals surface area contributed by atoms with Crippen LogP contribution in [-0.2, 0) is 4.79 Å². The molecule has 0 saturated heterocycles. The minimum absolute atomic E-state index is 0.0695. The highest BCUT2D eigenvalue weighted by Gasteiger charge is 2.37. The summed E-state index contributed by atoms with van der Waals surface area (Å²) in [7, 11) is 0. The summed E-state index contributed by atoms with van der Waals surface area (Å²) in [4.78, 5) is 12.6. The third kappa shape index (κ3) is 2.38. The molecule has 3 aromatic rings.